The lowest BCUT2D eigenvalue weighted by molar-refractivity contribution is -0.142. The number of carboxylic acid groups (broad SMARTS) is 1. The van der Waals surface area contributed by atoms with Crippen LogP contribution in [0.1, 0.15) is 54.2 Å². The number of carbonyl (C=O) groups excluding carboxylic acids is 1. The van der Waals surface area contributed by atoms with E-state index in [-0.39, 0.29) is 11.8 Å². The van der Waals surface area contributed by atoms with Crippen molar-refractivity contribution in [2.24, 2.45) is 11.8 Å². The Morgan fingerprint density at radius 3 is 2.81 bits per heavy atom. The summed E-state index contributed by atoms with van der Waals surface area (Å²) in [7, 11) is 0. The van der Waals surface area contributed by atoms with Crippen molar-refractivity contribution in [3.05, 3.63) is 17.5 Å². The van der Waals surface area contributed by atoms with Gasteiger partial charge in [0.2, 0.25) is 0 Å². The molecular formula is C15H19N3O3. The first-order valence-electron chi connectivity index (χ1n) is 7.74. The lowest BCUT2D eigenvalue weighted by Gasteiger charge is -2.23. The van der Waals surface area contributed by atoms with E-state index in [1.165, 1.54) is 4.90 Å². The summed E-state index contributed by atoms with van der Waals surface area (Å²) in [6, 6.07) is 1.12. The normalized spacial score (nSPS) is 31.4. The Balaban J connectivity index is 1.58. The second-order valence-electron chi connectivity index (χ2n) is 6.58. The SMILES string of the molecule is O=C(O)C1C2CCCC2CN1C(=O)c1cc(C2CC2)[nH]n1. The van der Waals surface area contributed by atoms with E-state index in [9.17, 15) is 14.7 Å². The van der Waals surface area contributed by atoms with Crippen LogP contribution >= 0.6 is 0 Å². The number of carboxylic acids is 1. The van der Waals surface area contributed by atoms with Gasteiger partial charge in [0, 0.05) is 18.2 Å². The largest absolute Gasteiger partial charge is 0.480 e. The van der Waals surface area contributed by atoms with E-state index in [1.54, 1.807) is 6.07 Å². The van der Waals surface area contributed by atoms with Crippen LogP contribution in [0.4, 0.5) is 0 Å². The number of aliphatic carboxylic acids is 1. The van der Waals surface area contributed by atoms with Gasteiger partial charge in [-0.3, -0.25) is 9.89 Å². The average Bonchev–Trinajstić information content (AvgIpc) is 2.90. The van der Waals surface area contributed by atoms with Crippen molar-refractivity contribution in [2.75, 3.05) is 6.54 Å². The highest BCUT2D eigenvalue weighted by Gasteiger charge is 2.50. The molecule has 4 rings (SSSR count). The van der Waals surface area contributed by atoms with Crippen LogP contribution in [-0.4, -0.2) is 44.7 Å². The first-order chi connectivity index (χ1) is 10.1. The molecule has 2 N–H and O–H groups in total. The summed E-state index contributed by atoms with van der Waals surface area (Å²) >= 11 is 0. The second kappa shape index (κ2) is 4.58. The molecule has 2 saturated carbocycles. The van der Waals surface area contributed by atoms with Crippen LogP contribution in [0.15, 0.2) is 6.07 Å². The number of aromatic amines is 1. The van der Waals surface area contributed by atoms with Gasteiger partial charge in [-0.1, -0.05) is 6.42 Å². The molecule has 1 aromatic rings. The summed E-state index contributed by atoms with van der Waals surface area (Å²) in [5, 5.41) is 16.5. The van der Waals surface area contributed by atoms with Gasteiger partial charge in [0.25, 0.3) is 5.91 Å². The molecule has 0 bridgehead atoms. The standard InChI is InChI=1S/C15H19N3O3/c19-14(12-6-11(16-17-12)8-4-5-8)18-7-9-2-1-3-10(9)13(18)15(20)21/h6,8-10,13H,1-5,7H2,(H,16,17)(H,20,21). The molecule has 0 aromatic carbocycles. The smallest absolute Gasteiger partial charge is 0.326 e. The Hall–Kier alpha value is -1.85. The molecule has 112 valence electrons. The van der Waals surface area contributed by atoms with E-state index < -0.39 is 12.0 Å². The molecule has 0 spiro atoms. The van der Waals surface area contributed by atoms with Crippen molar-refractivity contribution in [3.63, 3.8) is 0 Å². The van der Waals surface area contributed by atoms with E-state index in [4.69, 9.17) is 0 Å². The Kier molecular flexibility index (Phi) is 2.80. The molecular weight excluding hydrogens is 270 g/mol. The highest BCUT2D eigenvalue weighted by molar-refractivity contribution is 5.95. The van der Waals surface area contributed by atoms with E-state index in [0.29, 0.717) is 24.1 Å². The number of nitrogens with zero attached hydrogens (tertiary/aromatic N) is 2. The number of rotatable bonds is 3. The van der Waals surface area contributed by atoms with Crippen molar-refractivity contribution in [1.29, 1.82) is 0 Å². The zero-order valence-corrected chi connectivity index (χ0v) is 11.8. The summed E-state index contributed by atoms with van der Waals surface area (Å²) in [4.78, 5) is 25.8. The first-order valence-corrected chi connectivity index (χ1v) is 7.74. The predicted molar refractivity (Wildman–Crippen MR) is 73.9 cm³/mol. The van der Waals surface area contributed by atoms with Gasteiger partial charge in [-0.2, -0.15) is 5.10 Å². The number of amides is 1. The topological polar surface area (TPSA) is 86.3 Å². The molecule has 6 heteroatoms. The van der Waals surface area contributed by atoms with Crippen molar-refractivity contribution >= 4 is 11.9 Å². The number of fused-ring (bicyclic) bond motifs is 1. The van der Waals surface area contributed by atoms with Crippen molar-refractivity contribution < 1.29 is 14.7 Å². The average molecular weight is 289 g/mol. The molecule has 1 aliphatic heterocycles. The summed E-state index contributed by atoms with van der Waals surface area (Å²) in [5.41, 5.74) is 1.37. The number of aromatic nitrogens is 2. The Morgan fingerprint density at radius 2 is 2.10 bits per heavy atom. The maximum atomic E-state index is 12.6. The highest BCUT2D eigenvalue weighted by Crippen LogP contribution is 2.43. The summed E-state index contributed by atoms with van der Waals surface area (Å²) < 4.78 is 0. The third-order valence-corrected chi connectivity index (χ3v) is 5.24. The molecule has 2 heterocycles. The minimum atomic E-state index is -0.879. The van der Waals surface area contributed by atoms with E-state index >= 15 is 0 Å². The van der Waals surface area contributed by atoms with Crippen molar-refractivity contribution in [3.8, 4) is 0 Å². The maximum absolute atomic E-state index is 12.6. The zero-order valence-electron chi connectivity index (χ0n) is 11.8. The van der Waals surface area contributed by atoms with Crippen LogP contribution in [0.5, 0.6) is 0 Å². The molecule has 3 fully saturated rings. The highest BCUT2D eigenvalue weighted by atomic mass is 16.4. The van der Waals surface area contributed by atoms with Crippen LogP contribution < -0.4 is 0 Å². The molecule has 0 radical (unpaired) electrons. The molecule has 3 aliphatic rings. The van der Waals surface area contributed by atoms with Gasteiger partial charge in [0.15, 0.2) is 0 Å². The lowest BCUT2D eigenvalue weighted by Crippen LogP contribution is -2.43. The summed E-state index contributed by atoms with van der Waals surface area (Å²) in [6.45, 7) is 0.562. The predicted octanol–water partition coefficient (Wildman–Crippen LogP) is 1.61. The summed E-state index contributed by atoms with van der Waals surface area (Å²) in [5.74, 6) is -0.145. The molecule has 21 heavy (non-hydrogen) atoms. The maximum Gasteiger partial charge on any atom is 0.326 e. The quantitative estimate of drug-likeness (QED) is 0.885. The zero-order chi connectivity index (χ0) is 14.6. The first kappa shape index (κ1) is 12.9. The number of likely N-dealkylation sites (tertiary alicyclic amines) is 1. The van der Waals surface area contributed by atoms with Crippen LogP contribution in [0.25, 0.3) is 0 Å². The second-order valence-corrected chi connectivity index (χ2v) is 6.58. The number of carbonyl (C=O) groups is 2. The van der Waals surface area contributed by atoms with Crippen LogP contribution in [0, 0.1) is 11.8 Å². The third-order valence-electron chi connectivity index (χ3n) is 5.24. The third kappa shape index (κ3) is 2.04. The number of nitrogens with one attached hydrogen (secondary N) is 1. The molecule has 1 amide bonds. The molecule has 3 atom stereocenters. The summed E-state index contributed by atoms with van der Waals surface area (Å²) in [6.07, 6.45) is 5.31. The Bertz CT molecular complexity index is 593. The van der Waals surface area contributed by atoms with Crippen molar-refractivity contribution in [2.45, 2.75) is 44.1 Å². The monoisotopic (exact) mass is 289 g/mol. The van der Waals surface area contributed by atoms with Crippen molar-refractivity contribution in [1.82, 2.24) is 15.1 Å². The minimum Gasteiger partial charge on any atom is -0.480 e. The minimum absolute atomic E-state index is 0.119. The van der Waals surface area contributed by atoms with E-state index in [2.05, 4.69) is 10.2 Å². The van der Waals surface area contributed by atoms with Gasteiger partial charge in [-0.25, -0.2) is 4.79 Å². The number of hydrogen-bond donors (Lipinski definition) is 2. The van der Waals surface area contributed by atoms with Crippen LogP contribution in [0.3, 0.4) is 0 Å². The van der Waals surface area contributed by atoms with Crippen LogP contribution in [-0.2, 0) is 4.79 Å². The van der Waals surface area contributed by atoms with E-state index in [1.807, 2.05) is 0 Å². The van der Waals surface area contributed by atoms with Gasteiger partial charge in [-0.05, 0) is 43.6 Å². The molecule has 1 saturated heterocycles. The molecule has 6 nitrogen and oxygen atoms in total. The van der Waals surface area contributed by atoms with Crippen LogP contribution in [0.2, 0.25) is 0 Å². The van der Waals surface area contributed by atoms with E-state index in [0.717, 1.165) is 37.8 Å². The lowest BCUT2D eigenvalue weighted by atomic mass is 9.94. The fraction of sp³-hybridized carbons (Fsp3) is 0.667. The molecule has 3 unspecified atom stereocenters. The fourth-order valence-electron chi connectivity index (χ4n) is 4.03. The fourth-order valence-corrected chi connectivity index (χ4v) is 4.03. The molecule has 1 aromatic heterocycles. The molecule has 2 aliphatic carbocycles. The van der Waals surface area contributed by atoms with Gasteiger partial charge in [0.1, 0.15) is 11.7 Å². The van der Waals surface area contributed by atoms with Gasteiger partial charge < -0.3 is 10.0 Å². The number of H-pyrrole nitrogens is 1. The number of hydrogen-bond acceptors (Lipinski definition) is 3. The Labute approximate surface area is 122 Å². The van der Waals surface area contributed by atoms with Gasteiger partial charge >= 0.3 is 5.97 Å². The van der Waals surface area contributed by atoms with Gasteiger partial charge in [-0.15, -0.1) is 0 Å². The van der Waals surface area contributed by atoms with Gasteiger partial charge in [0.05, 0.1) is 0 Å². The Morgan fingerprint density at radius 1 is 1.29 bits per heavy atom.